The zero-order valence-electron chi connectivity index (χ0n) is 19.4. The highest BCUT2D eigenvalue weighted by Gasteiger charge is 2.31. The summed E-state index contributed by atoms with van der Waals surface area (Å²) >= 11 is 0. The van der Waals surface area contributed by atoms with Crippen LogP contribution in [0.1, 0.15) is 36.2 Å². The molecule has 0 spiro atoms. The molecular formula is C25H25F3N2O5. The van der Waals surface area contributed by atoms with Crippen LogP contribution < -0.4 is 9.47 Å². The van der Waals surface area contributed by atoms with Gasteiger partial charge in [0.05, 0.1) is 11.3 Å². The van der Waals surface area contributed by atoms with Crippen LogP contribution in [0.2, 0.25) is 0 Å². The Bertz CT molecular complexity index is 1190. The van der Waals surface area contributed by atoms with E-state index in [2.05, 4.69) is 9.97 Å². The van der Waals surface area contributed by atoms with Crippen LogP contribution in [-0.2, 0) is 24.0 Å². The third kappa shape index (κ3) is 6.48. The molecule has 0 atom stereocenters. The van der Waals surface area contributed by atoms with Crippen molar-refractivity contribution in [3.63, 3.8) is 0 Å². The number of aromatic nitrogens is 2. The maximum atomic E-state index is 12.8. The molecule has 1 heterocycles. The molecule has 3 rings (SSSR count). The number of alkyl halides is 3. The van der Waals surface area contributed by atoms with Crippen molar-refractivity contribution >= 4 is 5.97 Å². The Morgan fingerprint density at radius 2 is 1.77 bits per heavy atom. The quantitative estimate of drug-likeness (QED) is 0.443. The molecule has 1 aromatic heterocycles. The Hall–Kier alpha value is -3.66. The van der Waals surface area contributed by atoms with Crippen molar-refractivity contribution in [1.29, 1.82) is 0 Å². The molecule has 0 saturated carbocycles. The lowest BCUT2D eigenvalue weighted by Crippen LogP contribution is -2.38. The second kappa shape index (κ2) is 10.3. The number of carboxylic acid groups (broad SMARTS) is 1. The van der Waals surface area contributed by atoms with Crippen LogP contribution in [0.15, 0.2) is 48.7 Å². The molecule has 186 valence electrons. The van der Waals surface area contributed by atoms with E-state index in [1.54, 1.807) is 25.1 Å². The van der Waals surface area contributed by atoms with E-state index in [4.69, 9.17) is 9.47 Å². The highest BCUT2D eigenvalue weighted by atomic mass is 19.4. The molecule has 0 fully saturated rings. The van der Waals surface area contributed by atoms with Crippen molar-refractivity contribution in [1.82, 2.24) is 9.97 Å². The molecule has 2 N–H and O–H groups in total. The average Bonchev–Trinajstić information content (AvgIpc) is 2.79. The van der Waals surface area contributed by atoms with Crippen LogP contribution in [0.25, 0.3) is 11.4 Å². The molecule has 2 aromatic carbocycles. The van der Waals surface area contributed by atoms with Crippen molar-refractivity contribution in [2.45, 2.75) is 45.6 Å². The molecule has 0 amide bonds. The lowest BCUT2D eigenvalue weighted by atomic mass is 10.1. The van der Waals surface area contributed by atoms with Crippen molar-refractivity contribution < 1.29 is 37.7 Å². The number of aliphatic hydroxyl groups is 1. The number of aryl methyl sites for hydroxylation is 1. The summed E-state index contributed by atoms with van der Waals surface area (Å²) in [7, 11) is 0. The summed E-state index contributed by atoms with van der Waals surface area (Å²) in [5.41, 5.74) is 0.0666. The van der Waals surface area contributed by atoms with Crippen molar-refractivity contribution in [3.05, 3.63) is 71.0 Å². The van der Waals surface area contributed by atoms with Gasteiger partial charge in [-0.2, -0.15) is 13.2 Å². The van der Waals surface area contributed by atoms with E-state index in [0.717, 1.165) is 12.1 Å². The molecule has 0 aliphatic heterocycles. The summed E-state index contributed by atoms with van der Waals surface area (Å²) < 4.78 is 49.8. The van der Waals surface area contributed by atoms with Crippen LogP contribution >= 0.6 is 0 Å². The van der Waals surface area contributed by atoms with Gasteiger partial charge in [0.15, 0.2) is 11.4 Å². The number of carbonyl (C=O) groups is 1. The van der Waals surface area contributed by atoms with E-state index >= 15 is 0 Å². The fourth-order valence-electron chi connectivity index (χ4n) is 3.14. The van der Waals surface area contributed by atoms with Crippen LogP contribution in [0, 0.1) is 6.92 Å². The molecule has 3 aromatic rings. The van der Waals surface area contributed by atoms with Crippen LogP contribution in [0.3, 0.4) is 0 Å². The van der Waals surface area contributed by atoms with E-state index in [9.17, 15) is 28.2 Å². The maximum absolute atomic E-state index is 12.8. The van der Waals surface area contributed by atoms with E-state index in [-0.39, 0.29) is 25.5 Å². The fraction of sp³-hybridized carbons (Fsp3) is 0.320. The molecule has 35 heavy (non-hydrogen) atoms. The van der Waals surface area contributed by atoms with Gasteiger partial charge in [-0.05, 0) is 56.7 Å². The molecule has 0 saturated heterocycles. The smallest absolute Gasteiger partial charge is 0.416 e. The monoisotopic (exact) mass is 490 g/mol. The highest BCUT2D eigenvalue weighted by Crippen LogP contribution is 2.31. The zero-order valence-corrected chi connectivity index (χ0v) is 19.4. The van der Waals surface area contributed by atoms with E-state index in [1.807, 2.05) is 0 Å². The number of carboxylic acids is 1. The molecule has 7 nitrogen and oxygen atoms in total. The minimum Gasteiger partial charge on any atom is -0.489 e. The average molecular weight is 490 g/mol. The second-order valence-electron chi connectivity index (χ2n) is 8.35. The normalized spacial score (nSPS) is 11.9. The third-order valence-corrected chi connectivity index (χ3v) is 5.19. The number of aliphatic carboxylic acids is 1. The zero-order chi connectivity index (χ0) is 25.8. The molecule has 0 radical (unpaired) electrons. The van der Waals surface area contributed by atoms with Gasteiger partial charge in [0.2, 0.25) is 0 Å². The SMILES string of the molecule is Cc1cc(OCc2cnc(-c3ccc(C(F)(F)F)cc3)nc2CCO)ccc1OC(C)(C)C(=O)O. The standard InChI is InChI=1S/C25H25F3N2O5/c1-15-12-19(8-9-21(15)35-24(2,3)23(32)33)34-14-17-13-29-22(30-20(17)10-11-31)16-4-6-18(7-5-16)25(26,27)28/h4-9,12-13,31H,10-11,14H2,1-3H3,(H,32,33). The molecular weight excluding hydrogens is 465 g/mol. The Morgan fingerprint density at radius 3 is 2.34 bits per heavy atom. The Labute approximate surface area is 200 Å². The first kappa shape index (κ1) is 26.0. The first-order chi connectivity index (χ1) is 16.4. The van der Waals surface area contributed by atoms with Crippen LogP contribution in [0.5, 0.6) is 11.5 Å². The molecule has 0 aliphatic rings. The Morgan fingerprint density at radius 1 is 1.09 bits per heavy atom. The molecule has 10 heteroatoms. The number of halogens is 3. The summed E-state index contributed by atoms with van der Waals surface area (Å²) in [4.78, 5) is 20.0. The van der Waals surface area contributed by atoms with E-state index < -0.39 is 23.3 Å². The van der Waals surface area contributed by atoms with Gasteiger partial charge < -0.3 is 19.7 Å². The summed E-state index contributed by atoms with van der Waals surface area (Å²) in [5.74, 6) is 0.0670. The Balaban J connectivity index is 1.76. The third-order valence-electron chi connectivity index (χ3n) is 5.19. The van der Waals surface area contributed by atoms with Crippen molar-refractivity contribution in [2.75, 3.05) is 6.61 Å². The number of aliphatic hydroxyl groups excluding tert-OH is 1. The summed E-state index contributed by atoms with van der Waals surface area (Å²) in [6.45, 7) is 4.58. The van der Waals surface area contributed by atoms with E-state index in [1.165, 1.54) is 32.2 Å². The maximum Gasteiger partial charge on any atom is 0.416 e. The molecule has 0 aliphatic carbocycles. The van der Waals surface area contributed by atoms with Crippen LogP contribution in [-0.4, -0.2) is 38.4 Å². The van der Waals surface area contributed by atoms with Gasteiger partial charge in [0.1, 0.15) is 18.1 Å². The lowest BCUT2D eigenvalue weighted by molar-refractivity contribution is -0.152. The Kier molecular flexibility index (Phi) is 7.64. The minimum absolute atomic E-state index is 0.0862. The lowest BCUT2D eigenvalue weighted by Gasteiger charge is -2.23. The predicted octanol–water partition coefficient (Wildman–Crippen LogP) is 4.83. The second-order valence-corrected chi connectivity index (χ2v) is 8.35. The predicted molar refractivity (Wildman–Crippen MR) is 121 cm³/mol. The number of hydrogen-bond donors (Lipinski definition) is 2. The van der Waals surface area contributed by atoms with Crippen LogP contribution in [0.4, 0.5) is 13.2 Å². The largest absolute Gasteiger partial charge is 0.489 e. The topological polar surface area (TPSA) is 102 Å². The summed E-state index contributed by atoms with van der Waals surface area (Å²) in [6.07, 6.45) is -2.70. The van der Waals surface area contributed by atoms with Gasteiger partial charge in [-0.3, -0.25) is 0 Å². The first-order valence-electron chi connectivity index (χ1n) is 10.7. The van der Waals surface area contributed by atoms with Crippen molar-refractivity contribution in [2.24, 2.45) is 0 Å². The number of nitrogens with zero attached hydrogens (tertiary/aromatic N) is 2. The summed E-state index contributed by atoms with van der Waals surface area (Å²) in [6, 6.07) is 9.50. The van der Waals surface area contributed by atoms with Gasteiger partial charge in [-0.15, -0.1) is 0 Å². The minimum atomic E-state index is -4.43. The van der Waals surface area contributed by atoms with Crippen molar-refractivity contribution in [3.8, 4) is 22.9 Å². The summed E-state index contributed by atoms with van der Waals surface area (Å²) in [5, 5.41) is 18.7. The molecule has 0 unspecified atom stereocenters. The fourth-order valence-corrected chi connectivity index (χ4v) is 3.14. The highest BCUT2D eigenvalue weighted by molar-refractivity contribution is 5.76. The number of benzene rings is 2. The first-order valence-corrected chi connectivity index (χ1v) is 10.7. The van der Waals surface area contributed by atoms with E-state index in [0.29, 0.717) is 33.9 Å². The van der Waals surface area contributed by atoms with Gasteiger partial charge in [0, 0.05) is 30.4 Å². The number of rotatable bonds is 9. The molecule has 0 bridgehead atoms. The van der Waals surface area contributed by atoms with Gasteiger partial charge in [-0.1, -0.05) is 12.1 Å². The van der Waals surface area contributed by atoms with Gasteiger partial charge in [-0.25, -0.2) is 14.8 Å². The van der Waals surface area contributed by atoms with Gasteiger partial charge in [0.25, 0.3) is 0 Å². The number of hydrogen-bond acceptors (Lipinski definition) is 6. The number of ether oxygens (including phenoxy) is 2. The van der Waals surface area contributed by atoms with Gasteiger partial charge >= 0.3 is 12.1 Å².